The molecular weight excluding hydrogens is 192 g/mol. The SMILES string of the molecule is NC[C@@H]1CN(C2CCCCC2)C(=O)CO1. The van der Waals surface area contributed by atoms with Crippen LogP contribution in [0.4, 0.5) is 0 Å². The lowest BCUT2D eigenvalue weighted by atomic mass is 9.93. The number of hydrogen-bond acceptors (Lipinski definition) is 3. The molecule has 0 radical (unpaired) electrons. The standard InChI is InChI=1S/C11H20N2O2/c12-6-10-7-13(11(14)8-15-10)9-4-2-1-3-5-9/h9-10H,1-8,12H2/t10-/m1/s1. The van der Waals surface area contributed by atoms with Crippen molar-refractivity contribution in [3.63, 3.8) is 0 Å². The third-order valence-electron chi connectivity index (χ3n) is 3.44. The monoisotopic (exact) mass is 212 g/mol. The second-order valence-corrected chi connectivity index (χ2v) is 4.51. The summed E-state index contributed by atoms with van der Waals surface area (Å²) in [5.41, 5.74) is 5.58. The van der Waals surface area contributed by atoms with E-state index in [2.05, 4.69) is 0 Å². The molecule has 0 aromatic carbocycles. The number of rotatable bonds is 2. The van der Waals surface area contributed by atoms with Crippen molar-refractivity contribution in [1.29, 1.82) is 0 Å². The molecule has 4 heteroatoms. The Labute approximate surface area is 90.8 Å². The molecule has 0 bridgehead atoms. The van der Waals surface area contributed by atoms with Gasteiger partial charge in [0, 0.05) is 19.1 Å². The Balaban J connectivity index is 1.95. The molecule has 2 fully saturated rings. The quantitative estimate of drug-likeness (QED) is 0.725. The summed E-state index contributed by atoms with van der Waals surface area (Å²) in [4.78, 5) is 13.7. The first-order valence-electron chi connectivity index (χ1n) is 5.92. The number of amides is 1. The number of carbonyl (C=O) groups excluding carboxylic acids is 1. The van der Waals surface area contributed by atoms with Crippen LogP contribution in [0.25, 0.3) is 0 Å². The van der Waals surface area contributed by atoms with Crippen molar-refractivity contribution in [3.8, 4) is 0 Å². The molecule has 0 unspecified atom stereocenters. The fourth-order valence-corrected chi connectivity index (χ4v) is 2.53. The van der Waals surface area contributed by atoms with Crippen LogP contribution in [-0.2, 0) is 9.53 Å². The van der Waals surface area contributed by atoms with Gasteiger partial charge in [-0.05, 0) is 12.8 Å². The number of carbonyl (C=O) groups is 1. The van der Waals surface area contributed by atoms with Gasteiger partial charge in [-0.3, -0.25) is 4.79 Å². The fourth-order valence-electron chi connectivity index (χ4n) is 2.53. The van der Waals surface area contributed by atoms with Crippen molar-refractivity contribution in [3.05, 3.63) is 0 Å². The molecule has 2 aliphatic rings. The molecule has 1 atom stereocenters. The van der Waals surface area contributed by atoms with Gasteiger partial charge in [0.2, 0.25) is 5.91 Å². The minimum absolute atomic E-state index is 0.0460. The van der Waals surface area contributed by atoms with E-state index >= 15 is 0 Å². The van der Waals surface area contributed by atoms with Gasteiger partial charge in [0.05, 0.1) is 6.10 Å². The van der Waals surface area contributed by atoms with Crippen LogP contribution < -0.4 is 5.73 Å². The van der Waals surface area contributed by atoms with Crippen LogP contribution >= 0.6 is 0 Å². The first-order chi connectivity index (χ1) is 7.31. The Morgan fingerprint density at radius 2 is 2.07 bits per heavy atom. The maximum atomic E-state index is 11.7. The average molecular weight is 212 g/mol. The largest absolute Gasteiger partial charge is 0.365 e. The minimum atomic E-state index is 0.0460. The summed E-state index contributed by atoms with van der Waals surface area (Å²) < 4.78 is 5.34. The smallest absolute Gasteiger partial charge is 0.248 e. The lowest BCUT2D eigenvalue weighted by Crippen LogP contribution is -2.53. The Morgan fingerprint density at radius 1 is 1.33 bits per heavy atom. The molecule has 1 saturated heterocycles. The third-order valence-corrected chi connectivity index (χ3v) is 3.44. The van der Waals surface area contributed by atoms with Crippen molar-refractivity contribution >= 4 is 5.91 Å². The zero-order valence-electron chi connectivity index (χ0n) is 9.15. The zero-order chi connectivity index (χ0) is 10.7. The summed E-state index contributed by atoms with van der Waals surface area (Å²) in [5, 5.41) is 0. The van der Waals surface area contributed by atoms with Crippen LogP contribution in [0.1, 0.15) is 32.1 Å². The van der Waals surface area contributed by atoms with Crippen LogP contribution in [0.2, 0.25) is 0 Å². The van der Waals surface area contributed by atoms with E-state index in [9.17, 15) is 4.79 Å². The van der Waals surface area contributed by atoms with Crippen LogP contribution in [-0.4, -0.2) is 42.6 Å². The van der Waals surface area contributed by atoms with Crippen LogP contribution in [0.3, 0.4) is 0 Å². The van der Waals surface area contributed by atoms with Gasteiger partial charge in [-0.1, -0.05) is 19.3 Å². The normalized spacial score (nSPS) is 29.5. The maximum Gasteiger partial charge on any atom is 0.248 e. The van der Waals surface area contributed by atoms with Gasteiger partial charge in [0.15, 0.2) is 0 Å². The summed E-state index contributed by atoms with van der Waals surface area (Å²) >= 11 is 0. The van der Waals surface area contributed by atoms with Crippen molar-refractivity contribution in [2.45, 2.75) is 44.2 Å². The topological polar surface area (TPSA) is 55.6 Å². The second kappa shape index (κ2) is 4.94. The first kappa shape index (κ1) is 10.9. The predicted molar refractivity (Wildman–Crippen MR) is 57.4 cm³/mol. The summed E-state index contributed by atoms with van der Waals surface area (Å²) in [6.07, 6.45) is 6.18. The van der Waals surface area contributed by atoms with E-state index in [4.69, 9.17) is 10.5 Å². The van der Waals surface area contributed by atoms with Crippen LogP contribution in [0, 0.1) is 0 Å². The van der Waals surface area contributed by atoms with Gasteiger partial charge < -0.3 is 15.4 Å². The van der Waals surface area contributed by atoms with Gasteiger partial charge in [0.25, 0.3) is 0 Å². The van der Waals surface area contributed by atoms with Crippen molar-refractivity contribution in [2.24, 2.45) is 5.73 Å². The number of hydrogen-bond donors (Lipinski definition) is 1. The molecule has 0 aromatic heterocycles. The lowest BCUT2D eigenvalue weighted by Gasteiger charge is -2.39. The molecule has 1 heterocycles. The highest BCUT2D eigenvalue weighted by Gasteiger charge is 2.31. The Kier molecular flexibility index (Phi) is 3.59. The molecule has 1 aliphatic carbocycles. The summed E-state index contributed by atoms with van der Waals surface area (Å²) in [7, 11) is 0. The Morgan fingerprint density at radius 3 is 2.73 bits per heavy atom. The van der Waals surface area contributed by atoms with E-state index < -0.39 is 0 Å². The van der Waals surface area contributed by atoms with E-state index in [1.54, 1.807) is 0 Å². The Bertz CT molecular complexity index is 227. The van der Waals surface area contributed by atoms with Gasteiger partial charge in [-0.15, -0.1) is 0 Å². The van der Waals surface area contributed by atoms with E-state index in [0.717, 1.165) is 12.8 Å². The van der Waals surface area contributed by atoms with Crippen LogP contribution in [0.5, 0.6) is 0 Å². The number of ether oxygens (including phenoxy) is 1. The average Bonchev–Trinajstić information content (AvgIpc) is 2.31. The van der Waals surface area contributed by atoms with Crippen molar-refractivity contribution in [1.82, 2.24) is 4.90 Å². The first-order valence-corrected chi connectivity index (χ1v) is 5.92. The highest BCUT2D eigenvalue weighted by atomic mass is 16.5. The summed E-state index contributed by atoms with van der Waals surface area (Å²) in [6, 6.07) is 0.448. The van der Waals surface area contributed by atoms with E-state index in [1.165, 1.54) is 19.3 Å². The van der Waals surface area contributed by atoms with Gasteiger partial charge in [-0.2, -0.15) is 0 Å². The fraction of sp³-hybridized carbons (Fsp3) is 0.909. The number of nitrogens with zero attached hydrogens (tertiary/aromatic N) is 1. The molecule has 0 spiro atoms. The molecular formula is C11H20N2O2. The van der Waals surface area contributed by atoms with E-state index in [-0.39, 0.29) is 18.6 Å². The molecule has 4 nitrogen and oxygen atoms in total. The molecule has 1 aliphatic heterocycles. The molecule has 2 rings (SSSR count). The van der Waals surface area contributed by atoms with Crippen LogP contribution in [0.15, 0.2) is 0 Å². The Hall–Kier alpha value is -0.610. The molecule has 2 N–H and O–H groups in total. The van der Waals surface area contributed by atoms with Gasteiger partial charge in [-0.25, -0.2) is 0 Å². The van der Waals surface area contributed by atoms with Gasteiger partial charge in [0.1, 0.15) is 6.61 Å². The zero-order valence-corrected chi connectivity index (χ0v) is 9.15. The predicted octanol–water partition coefficient (Wildman–Crippen LogP) is 0.505. The van der Waals surface area contributed by atoms with Gasteiger partial charge >= 0.3 is 0 Å². The second-order valence-electron chi connectivity index (χ2n) is 4.51. The van der Waals surface area contributed by atoms with E-state index in [1.807, 2.05) is 4.90 Å². The third kappa shape index (κ3) is 2.49. The molecule has 15 heavy (non-hydrogen) atoms. The van der Waals surface area contributed by atoms with Crippen molar-refractivity contribution in [2.75, 3.05) is 19.7 Å². The maximum absolute atomic E-state index is 11.7. The number of morpholine rings is 1. The minimum Gasteiger partial charge on any atom is -0.365 e. The molecule has 0 aromatic rings. The summed E-state index contributed by atoms with van der Waals surface area (Å²) in [6.45, 7) is 1.43. The molecule has 1 saturated carbocycles. The number of nitrogens with two attached hydrogens (primary N) is 1. The highest BCUT2D eigenvalue weighted by Crippen LogP contribution is 2.24. The molecule has 1 amide bonds. The molecule has 86 valence electrons. The van der Waals surface area contributed by atoms with E-state index in [0.29, 0.717) is 19.1 Å². The lowest BCUT2D eigenvalue weighted by molar-refractivity contribution is -0.152. The summed E-state index contributed by atoms with van der Waals surface area (Å²) in [5.74, 6) is 0.145. The van der Waals surface area contributed by atoms with Crippen molar-refractivity contribution < 1.29 is 9.53 Å². The highest BCUT2D eigenvalue weighted by molar-refractivity contribution is 5.78.